The van der Waals surface area contributed by atoms with Crippen molar-refractivity contribution in [3.8, 4) is 0 Å². The standard InChI is InChI=1S/C9H7Br2ClN2OS/c1-14-7(5(12)3-13-14)8(15)4-2-6(10)16-9(4)11/h2-3,8,15H,1H3. The summed E-state index contributed by atoms with van der Waals surface area (Å²) in [6, 6.07) is 1.86. The summed E-state index contributed by atoms with van der Waals surface area (Å²) in [6.45, 7) is 0. The van der Waals surface area contributed by atoms with E-state index in [1.54, 1.807) is 11.7 Å². The van der Waals surface area contributed by atoms with E-state index in [0.717, 1.165) is 13.1 Å². The van der Waals surface area contributed by atoms with Gasteiger partial charge < -0.3 is 5.11 Å². The molecule has 2 rings (SSSR count). The highest BCUT2D eigenvalue weighted by atomic mass is 79.9. The Bertz CT molecular complexity index is 506. The zero-order valence-electron chi connectivity index (χ0n) is 8.12. The van der Waals surface area contributed by atoms with Crippen molar-refractivity contribution < 1.29 is 5.11 Å². The van der Waals surface area contributed by atoms with Gasteiger partial charge in [-0.05, 0) is 37.9 Å². The molecule has 0 aliphatic rings. The Morgan fingerprint density at radius 1 is 1.56 bits per heavy atom. The molecule has 2 heterocycles. The van der Waals surface area contributed by atoms with Crippen molar-refractivity contribution in [2.75, 3.05) is 0 Å². The molecule has 0 spiro atoms. The number of hydrogen-bond donors (Lipinski definition) is 1. The molecule has 0 bridgehead atoms. The van der Waals surface area contributed by atoms with Gasteiger partial charge in [0.05, 0.1) is 24.5 Å². The van der Waals surface area contributed by atoms with Crippen LogP contribution in [0, 0.1) is 0 Å². The van der Waals surface area contributed by atoms with Gasteiger partial charge in [0, 0.05) is 12.6 Å². The normalized spacial score (nSPS) is 13.1. The molecule has 0 amide bonds. The average molecular weight is 386 g/mol. The van der Waals surface area contributed by atoms with Gasteiger partial charge in [0.25, 0.3) is 0 Å². The Morgan fingerprint density at radius 3 is 2.69 bits per heavy atom. The highest BCUT2D eigenvalue weighted by molar-refractivity contribution is 9.12. The van der Waals surface area contributed by atoms with E-state index in [-0.39, 0.29) is 0 Å². The van der Waals surface area contributed by atoms with E-state index >= 15 is 0 Å². The number of rotatable bonds is 2. The number of halogens is 3. The second kappa shape index (κ2) is 4.78. The predicted molar refractivity (Wildman–Crippen MR) is 72.0 cm³/mol. The minimum Gasteiger partial charge on any atom is -0.382 e. The minimum absolute atomic E-state index is 0.462. The number of aliphatic hydroxyl groups is 1. The van der Waals surface area contributed by atoms with Gasteiger partial charge in [-0.25, -0.2) is 0 Å². The number of aromatic nitrogens is 2. The van der Waals surface area contributed by atoms with Gasteiger partial charge >= 0.3 is 0 Å². The quantitative estimate of drug-likeness (QED) is 0.854. The van der Waals surface area contributed by atoms with Gasteiger partial charge in [0.1, 0.15) is 6.10 Å². The third-order valence-electron chi connectivity index (χ3n) is 2.17. The van der Waals surface area contributed by atoms with Crippen LogP contribution in [0.5, 0.6) is 0 Å². The minimum atomic E-state index is -0.781. The lowest BCUT2D eigenvalue weighted by Gasteiger charge is -2.10. The van der Waals surface area contributed by atoms with Crippen molar-refractivity contribution in [2.24, 2.45) is 7.05 Å². The Hall–Kier alpha value is 0.120. The fraction of sp³-hybridized carbons (Fsp3) is 0.222. The number of hydrogen-bond acceptors (Lipinski definition) is 3. The molecule has 2 aromatic rings. The maximum absolute atomic E-state index is 10.2. The average Bonchev–Trinajstić information content (AvgIpc) is 2.70. The molecule has 0 saturated carbocycles. The van der Waals surface area contributed by atoms with Gasteiger partial charge in [-0.3, -0.25) is 4.68 Å². The molecule has 0 radical (unpaired) electrons. The van der Waals surface area contributed by atoms with Gasteiger partial charge in [-0.2, -0.15) is 5.10 Å². The summed E-state index contributed by atoms with van der Waals surface area (Å²) >= 11 is 14.3. The van der Waals surface area contributed by atoms with Crippen LogP contribution in [0.2, 0.25) is 5.02 Å². The number of thiophene rings is 1. The fourth-order valence-corrected chi connectivity index (χ4v) is 4.57. The zero-order valence-corrected chi connectivity index (χ0v) is 12.9. The molecule has 3 nitrogen and oxygen atoms in total. The van der Waals surface area contributed by atoms with E-state index < -0.39 is 6.10 Å². The Kier molecular flexibility index (Phi) is 3.75. The van der Waals surface area contributed by atoms with E-state index in [2.05, 4.69) is 37.0 Å². The van der Waals surface area contributed by atoms with E-state index in [1.165, 1.54) is 17.5 Å². The third kappa shape index (κ3) is 2.22. The van der Waals surface area contributed by atoms with Gasteiger partial charge in [-0.1, -0.05) is 11.6 Å². The number of aliphatic hydroxyl groups excluding tert-OH is 1. The summed E-state index contributed by atoms with van der Waals surface area (Å²) in [5.74, 6) is 0. The number of nitrogens with zero attached hydrogens (tertiary/aromatic N) is 2. The smallest absolute Gasteiger partial charge is 0.124 e. The van der Waals surface area contributed by atoms with Crippen LogP contribution in [0.1, 0.15) is 17.4 Å². The lowest BCUT2D eigenvalue weighted by Crippen LogP contribution is -2.06. The molecule has 0 aliphatic carbocycles. The molecule has 86 valence electrons. The van der Waals surface area contributed by atoms with Crippen molar-refractivity contribution in [2.45, 2.75) is 6.10 Å². The van der Waals surface area contributed by atoms with Crippen molar-refractivity contribution in [1.29, 1.82) is 0 Å². The second-order valence-corrected chi connectivity index (χ2v) is 7.34. The molecule has 2 aromatic heterocycles. The predicted octanol–water partition coefficient (Wildman–Crippen LogP) is 3.74. The molecule has 1 atom stereocenters. The number of aryl methyl sites for hydroxylation is 1. The molecule has 1 N–H and O–H groups in total. The van der Waals surface area contributed by atoms with Crippen LogP contribution in [0.25, 0.3) is 0 Å². The first-order chi connectivity index (χ1) is 7.50. The molecule has 0 saturated heterocycles. The van der Waals surface area contributed by atoms with Gasteiger partial charge in [0.15, 0.2) is 0 Å². The first kappa shape index (κ1) is 12.6. The summed E-state index contributed by atoms with van der Waals surface area (Å²) in [5.41, 5.74) is 1.37. The lowest BCUT2D eigenvalue weighted by atomic mass is 10.1. The van der Waals surface area contributed by atoms with Gasteiger partial charge in [-0.15, -0.1) is 11.3 Å². The topological polar surface area (TPSA) is 38.0 Å². The molecular formula is C9H7Br2ClN2OS. The maximum atomic E-state index is 10.2. The van der Waals surface area contributed by atoms with Crippen molar-refractivity contribution >= 4 is 54.8 Å². The Morgan fingerprint density at radius 2 is 2.25 bits per heavy atom. The maximum Gasteiger partial charge on any atom is 0.124 e. The van der Waals surface area contributed by atoms with Crippen molar-refractivity contribution in [3.05, 3.63) is 36.1 Å². The largest absolute Gasteiger partial charge is 0.382 e. The highest BCUT2D eigenvalue weighted by Gasteiger charge is 2.22. The Balaban J connectivity index is 2.46. The molecular weight excluding hydrogens is 379 g/mol. The van der Waals surface area contributed by atoms with Crippen LogP contribution < -0.4 is 0 Å². The molecule has 0 fully saturated rings. The summed E-state index contributed by atoms with van der Waals surface area (Å²) in [4.78, 5) is 0. The van der Waals surface area contributed by atoms with Crippen molar-refractivity contribution in [1.82, 2.24) is 9.78 Å². The fourth-order valence-electron chi connectivity index (χ4n) is 1.41. The molecule has 0 aromatic carbocycles. The first-order valence-electron chi connectivity index (χ1n) is 4.31. The zero-order chi connectivity index (χ0) is 11.9. The summed E-state index contributed by atoms with van der Waals surface area (Å²) in [5, 5.41) is 14.7. The van der Waals surface area contributed by atoms with Crippen LogP contribution in [0.3, 0.4) is 0 Å². The molecule has 7 heteroatoms. The summed E-state index contributed by atoms with van der Waals surface area (Å²) in [7, 11) is 1.75. The third-order valence-corrected chi connectivity index (χ3v) is 4.85. The monoisotopic (exact) mass is 384 g/mol. The van der Waals surface area contributed by atoms with Gasteiger partial charge in [0.2, 0.25) is 0 Å². The second-order valence-electron chi connectivity index (χ2n) is 3.18. The molecule has 16 heavy (non-hydrogen) atoms. The molecule has 0 aliphatic heterocycles. The lowest BCUT2D eigenvalue weighted by molar-refractivity contribution is 0.209. The van der Waals surface area contributed by atoms with Crippen LogP contribution in [0.4, 0.5) is 0 Å². The van der Waals surface area contributed by atoms with Crippen LogP contribution in [-0.2, 0) is 7.05 Å². The van der Waals surface area contributed by atoms with Crippen LogP contribution in [0.15, 0.2) is 19.8 Å². The SMILES string of the molecule is Cn1ncc(Cl)c1C(O)c1cc(Br)sc1Br. The van der Waals surface area contributed by atoms with E-state index in [0.29, 0.717) is 10.7 Å². The Labute approximate surface area is 118 Å². The summed E-state index contributed by atoms with van der Waals surface area (Å²) < 4.78 is 3.40. The van der Waals surface area contributed by atoms with E-state index in [9.17, 15) is 5.11 Å². The van der Waals surface area contributed by atoms with E-state index in [4.69, 9.17) is 11.6 Å². The summed E-state index contributed by atoms with van der Waals surface area (Å²) in [6.07, 6.45) is 0.743. The highest BCUT2D eigenvalue weighted by Crippen LogP contribution is 2.39. The molecule has 1 unspecified atom stereocenters. The van der Waals surface area contributed by atoms with E-state index in [1.807, 2.05) is 6.07 Å². The van der Waals surface area contributed by atoms with Crippen molar-refractivity contribution in [3.63, 3.8) is 0 Å². The van der Waals surface area contributed by atoms with Crippen LogP contribution >= 0.6 is 54.8 Å². The van der Waals surface area contributed by atoms with Crippen LogP contribution in [-0.4, -0.2) is 14.9 Å². The first-order valence-corrected chi connectivity index (χ1v) is 7.09.